The van der Waals surface area contributed by atoms with Crippen molar-refractivity contribution < 1.29 is 9.53 Å². The van der Waals surface area contributed by atoms with Crippen LogP contribution in [0.1, 0.15) is 37.0 Å². The van der Waals surface area contributed by atoms with Gasteiger partial charge in [0.1, 0.15) is 11.4 Å². The van der Waals surface area contributed by atoms with Gasteiger partial charge in [-0.15, -0.1) is 0 Å². The van der Waals surface area contributed by atoms with E-state index in [4.69, 9.17) is 4.74 Å². The zero-order valence-corrected chi connectivity index (χ0v) is 17.3. The maximum Gasteiger partial charge on any atom is 0.270 e. The average molecular weight is 383 g/mol. The van der Waals surface area contributed by atoms with Crippen molar-refractivity contribution in [3.05, 3.63) is 41.7 Å². The van der Waals surface area contributed by atoms with Crippen LogP contribution >= 0.6 is 0 Å². The number of aryl methyl sites for hydroxylation is 1. The second kappa shape index (κ2) is 8.04. The van der Waals surface area contributed by atoms with Crippen LogP contribution in [0.4, 0.5) is 11.6 Å². The highest BCUT2D eigenvalue weighted by molar-refractivity contribution is 5.93. The van der Waals surface area contributed by atoms with Gasteiger partial charge in [-0.05, 0) is 45.9 Å². The van der Waals surface area contributed by atoms with Gasteiger partial charge in [-0.2, -0.15) is 0 Å². The van der Waals surface area contributed by atoms with Gasteiger partial charge in [0.05, 0.1) is 12.8 Å². The molecule has 7 nitrogen and oxygen atoms in total. The van der Waals surface area contributed by atoms with Gasteiger partial charge in [-0.1, -0.05) is 12.1 Å². The van der Waals surface area contributed by atoms with Crippen LogP contribution < -0.4 is 19.9 Å². The van der Waals surface area contributed by atoms with Crippen LogP contribution in [-0.2, 0) is 0 Å². The zero-order chi connectivity index (χ0) is 20.3. The zero-order valence-electron chi connectivity index (χ0n) is 17.3. The minimum atomic E-state index is -0.309. The van der Waals surface area contributed by atoms with Crippen molar-refractivity contribution in [1.82, 2.24) is 15.3 Å². The van der Waals surface area contributed by atoms with Crippen LogP contribution in [0.15, 0.2) is 30.3 Å². The van der Waals surface area contributed by atoms with Crippen LogP contribution in [-0.4, -0.2) is 54.7 Å². The first-order valence-corrected chi connectivity index (χ1v) is 9.58. The fourth-order valence-electron chi connectivity index (χ4n) is 3.25. The number of rotatable bonds is 4. The third kappa shape index (κ3) is 4.71. The molecule has 0 atom stereocenters. The van der Waals surface area contributed by atoms with Crippen LogP contribution in [0.2, 0.25) is 0 Å². The molecule has 2 heterocycles. The first-order chi connectivity index (χ1) is 13.3. The first-order valence-electron chi connectivity index (χ1n) is 9.58. The Morgan fingerprint density at radius 3 is 2.36 bits per heavy atom. The number of methoxy groups -OCH3 is 1. The summed E-state index contributed by atoms with van der Waals surface area (Å²) in [5.74, 6) is 1.31. The lowest BCUT2D eigenvalue weighted by molar-refractivity contribution is 0.0914. The van der Waals surface area contributed by atoms with Crippen molar-refractivity contribution in [2.24, 2.45) is 0 Å². The first kappa shape index (κ1) is 19.9. The predicted molar refractivity (Wildman–Crippen MR) is 111 cm³/mol. The number of piperazine rings is 1. The molecule has 0 spiro atoms. The van der Waals surface area contributed by atoms with Crippen molar-refractivity contribution in [2.75, 3.05) is 43.1 Å². The van der Waals surface area contributed by atoms with Gasteiger partial charge < -0.3 is 19.9 Å². The van der Waals surface area contributed by atoms with Crippen LogP contribution in [0.25, 0.3) is 0 Å². The van der Waals surface area contributed by atoms with Crippen LogP contribution in [0, 0.1) is 6.92 Å². The number of aromatic nitrogens is 2. The van der Waals surface area contributed by atoms with E-state index in [1.807, 2.05) is 45.9 Å². The molecule has 1 aromatic heterocycles. The fourth-order valence-corrected chi connectivity index (χ4v) is 3.25. The summed E-state index contributed by atoms with van der Waals surface area (Å²) in [5, 5.41) is 2.96. The Balaban J connectivity index is 1.73. The number of hydrogen-bond donors (Lipinski definition) is 1. The molecule has 1 aromatic carbocycles. The molecule has 28 heavy (non-hydrogen) atoms. The molecule has 0 saturated carbocycles. The summed E-state index contributed by atoms with van der Waals surface area (Å²) in [4.78, 5) is 26.0. The van der Waals surface area contributed by atoms with E-state index in [1.165, 1.54) is 0 Å². The Kier molecular flexibility index (Phi) is 5.72. The van der Waals surface area contributed by atoms with E-state index < -0.39 is 0 Å². The van der Waals surface area contributed by atoms with E-state index >= 15 is 0 Å². The van der Waals surface area contributed by atoms with Gasteiger partial charge in [0.25, 0.3) is 5.91 Å². The van der Waals surface area contributed by atoms with E-state index in [0.29, 0.717) is 11.6 Å². The highest BCUT2D eigenvalue weighted by atomic mass is 16.5. The Bertz CT molecular complexity index is 839. The van der Waals surface area contributed by atoms with Crippen molar-refractivity contribution in [3.8, 4) is 5.75 Å². The van der Waals surface area contributed by atoms with E-state index in [-0.39, 0.29) is 11.4 Å². The molecular weight excluding hydrogens is 354 g/mol. The lowest BCUT2D eigenvalue weighted by atomic mass is 10.1. The van der Waals surface area contributed by atoms with Gasteiger partial charge in [0.2, 0.25) is 5.95 Å². The lowest BCUT2D eigenvalue weighted by Crippen LogP contribution is -2.47. The largest absolute Gasteiger partial charge is 0.495 e. The third-order valence-corrected chi connectivity index (χ3v) is 4.55. The second-order valence-corrected chi connectivity index (χ2v) is 8.04. The Hall–Kier alpha value is -2.83. The quantitative estimate of drug-likeness (QED) is 0.875. The molecule has 0 aliphatic carbocycles. The Morgan fingerprint density at radius 1 is 1.07 bits per heavy atom. The number of carbonyl (C=O) groups excluding carboxylic acids is 1. The highest BCUT2D eigenvalue weighted by Crippen LogP contribution is 2.28. The Morgan fingerprint density at radius 2 is 1.71 bits per heavy atom. The number of anilines is 2. The number of ether oxygens (including phenoxy) is 1. The monoisotopic (exact) mass is 383 g/mol. The van der Waals surface area contributed by atoms with E-state index in [9.17, 15) is 4.79 Å². The molecule has 0 unspecified atom stereocenters. The molecule has 1 amide bonds. The molecule has 150 valence electrons. The van der Waals surface area contributed by atoms with Crippen molar-refractivity contribution in [3.63, 3.8) is 0 Å². The van der Waals surface area contributed by atoms with E-state index in [0.717, 1.165) is 43.3 Å². The normalized spacial score (nSPS) is 14.8. The molecule has 0 radical (unpaired) electrons. The minimum absolute atomic E-state index is 0.174. The van der Waals surface area contributed by atoms with Crippen molar-refractivity contribution in [2.45, 2.75) is 33.2 Å². The predicted octanol–water partition coefficient (Wildman–Crippen LogP) is 2.65. The number of amides is 1. The molecular formula is C21H29N5O2. The lowest BCUT2D eigenvalue weighted by Gasteiger charge is -2.36. The topological polar surface area (TPSA) is 70.6 Å². The number of carbonyl (C=O) groups is 1. The number of hydrogen-bond acceptors (Lipinski definition) is 6. The standard InChI is InChI=1S/C21H29N5O2/c1-15-14-16(19(27)24-21(2,3)4)23-20(22-15)26-12-10-25(11-13-26)17-8-6-7-9-18(17)28-5/h6-9,14H,10-13H2,1-5H3,(H,24,27). The summed E-state index contributed by atoms with van der Waals surface area (Å²) >= 11 is 0. The van der Waals surface area contributed by atoms with Crippen molar-refractivity contribution in [1.29, 1.82) is 0 Å². The second-order valence-electron chi connectivity index (χ2n) is 8.04. The maximum atomic E-state index is 12.5. The molecule has 1 N–H and O–H groups in total. The summed E-state index contributed by atoms with van der Waals surface area (Å²) in [6.45, 7) is 11.0. The van der Waals surface area contributed by atoms with E-state index in [1.54, 1.807) is 13.2 Å². The molecule has 3 rings (SSSR count). The molecule has 1 aliphatic rings. The summed E-state index contributed by atoms with van der Waals surface area (Å²) in [6.07, 6.45) is 0. The highest BCUT2D eigenvalue weighted by Gasteiger charge is 2.23. The molecule has 1 aliphatic heterocycles. The number of benzene rings is 1. The minimum Gasteiger partial charge on any atom is -0.495 e. The van der Waals surface area contributed by atoms with Crippen LogP contribution in [0.3, 0.4) is 0 Å². The van der Waals surface area contributed by atoms with Gasteiger partial charge in [0.15, 0.2) is 0 Å². The molecule has 1 saturated heterocycles. The van der Waals surface area contributed by atoms with Gasteiger partial charge in [0, 0.05) is 37.4 Å². The molecule has 0 bridgehead atoms. The fraction of sp³-hybridized carbons (Fsp3) is 0.476. The molecule has 7 heteroatoms. The van der Waals surface area contributed by atoms with Gasteiger partial charge >= 0.3 is 0 Å². The number of nitrogens with zero attached hydrogens (tertiary/aromatic N) is 4. The van der Waals surface area contributed by atoms with Crippen LogP contribution in [0.5, 0.6) is 5.75 Å². The number of nitrogens with one attached hydrogen (secondary N) is 1. The Labute approximate surface area is 166 Å². The summed E-state index contributed by atoms with van der Waals surface area (Å²) in [7, 11) is 1.69. The number of para-hydroxylation sites is 2. The van der Waals surface area contributed by atoms with Crippen molar-refractivity contribution >= 4 is 17.5 Å². The summed E-state index contributed by atoms with van der Waals surface area (Å²) < 4.78 is 5.48. The molecule has 1 fully saturated rings. The smallest absolute Gasteiger partial charge is 0.270 e. The SMILES string of the molecule is COc1ccccc1N1CCN(c2nc(C)cc(C(=O)NC(C)(C)C)n2)CC1. The maximum absolute atomic E-state index is 12.5. The van der Waals surface area contributed by atoms with E-state index in [2.05, 4.69) is 31.2 Å². The summed E-state index contributed by atoms with van der Waals surface area (Å²) in [6, 6.07) is 9.78. The average Bonchev–Trinajstić information content (AvgIpc) is 2.66. The molecule has 2 aromatic rings. The van der Waals surface area contributed by atoms with Gasteiger partial charge in [-0.3, -0.25) is 4.79 Å². The van der Waals surface area contributed by atoms with Gasteiger partial charge in [-0.25, -0.2) is 9.97 Å². The summed E-state index contributed by atoms with van der Waals surface area (Å²) in [5.41, 5.74) is 1.98. The third-order valence-electron chi connectivity index (χ3n) is 4.55.